The van der Waals surface area contributed by atoms with Gasteiger partial charge in [0.15, 0.2) is 5.82 Å². The fraction of sp³-hybridized carbons (Fsp3) is 0.273. The summed E-state index contributed by atoms with van der Waals surface area (Å²) in [5, 5.41) is 13.8. The lowest BCUT2D eigenvalue weighted by molar-refractivity contribution is -0.116. The first-order valence-electron chi connectivity index (χ1n) is 9.74. The Morgan fingerprint density at radius 2 is 1.90 bits per heavy atom. The van der Waals surface area contributed by atoms with Gasteiger partial charge in [0.2, 0.25) is 5.91 Å². The number of benzene rings is 2. The third-order valence-corrected chi connectivity index (χ3v) is 4.47. The van der Waals surface area contributed by atoms with Crippen LogP contribution in [0.1, 0.15) is 41.5 Å². The summed E-state index contributed by atoms with van der Waals surface area (Å²) in [6.07, 6.45) is 3.76. The van der Waals surface area contributed by atoms with Crippen LogP contribution in [0, 0.1) is 0 Å². The van der Waals surface area contributed by atoms with Gasteiger partial charge in [-0.3, -0.25) is 9.59 Å². The van der Waals surface area contributed by atoms with Gasteiger partial charge in [-0.25, -0.2) is 0 Å². The minimum atomic E-state index is -0.228. The predicted molar refractivity (Wildman–Crippen MR) is 111 cm³/mol. The summed E-state index contributed by atoms with van der Waals surface area (Å²) >= 11 is 0. The van der Waals surface area contributed by atoms with Crippen LogP contribution >= 0.6 is 0 Å². The van der Waals surface area contributed by atoms with Crippen LogP contribution in [0.15, 0.2) is 60.9 Å². The van der Waals surface area contributed by atoms with Crippen molar-refractivity contribution in [3.63, 3.8) is 0 Å². The molecule has 0 atom stereocenters. The number of anilines is 1. The van der Waals surface area contributed by atoms with Gasteiger partial charge in [0.25, 0.3) is 5.91 Å². The van der Waals surface area contributed by atoms with E-state index in [-0.39, 0.29) is 18.4 Å². The molecule has 0 unspecified atom stereocenters. The van der Waals surface area contributed by atoms with E-state index in [2.05, 4.69) is 33.0 Å². The van der Waals surface area contributed by atoms with Gasteiger partial charge in [0.05, 0.1) is 6.54 Å². The van der Waals surface area contributed by atoms with E-state index in [9.17, 15) is 9.59 Å². The van der Waals surface area contributed by atoms with E-state index < -0.39 is 0 Å². The number of aryl methyl sites for hydroxylation is 2. The third kappa shape index (κ3) is 6.00. The minimum absolute atomic E-state index is 0.0587. The Labute approximate surface area is 170 Å². The molecule has 1 heterocycles. The molecule has 0 spiro atoms. The summed E-state index contributed by atoms with van der Waals surface area (Å²) in [5.74, 6) is 0.410. The van der Waals surface area contributed by atoms with Gasteiger partial charge in [-0.05, 0) is 36.6 Å². The Morgan fingerprint density at radius 3 is 2.69 bits per heavy atom. The van der Waals surface area contributed by atoms with Crippen LogP contribution in [0.2, 0.25) is 0 Å². The van der Waals surface area contributed by atoms with Crippen molar-refractivity contribution >= 4 is 17.5 Å². The van der Waals surface area contributed by atoms with E-state index >= 15 is 0 Å². The molecule has 0 aliphatic heterocycles. The number of carbonyl (C=O) groups is 2. The van der Waals surface area contributed by atoms with Crippen molar-refractivity contribution in [2.75, 3.05) is 5.32 Å². The van der Waals surface area contributed by atoms with Crippen molar-refractivity contribution in [1.82, 2.24) is 20.1 Å². The van der Waals surface area contributed by atoms with E-state index in [1.807, 2.05) is 29.7 Å². The lowest BCUT2D eigenvalue weighted by atomic mass is 10.1. The van der Waals surface area contributed by atoms with Gasteiger partial charge < -0.3 is 15.2 Å². The van der Waals surface area contributed by atoms with E-state index in [1.165, 1.54) is 5.56 Å². The SMILES string of the molecule is CCCC(=O)Nc1cccc(C(=O)NCc2nncn2CCc2ccccc2)c1. The van der Waals surface area contributed by atoms with Crippen LogP contribution in [0.4, 0.5) is 5.69 Å². The molecule has 2 amide bonds. The molecule has 0 saturated heterocycles. The normalized spacial score (nSPS) is 10.5. The van der Waals surface area contributed by atoms with E-state index in [1.54, 1.807) is 30.6 Å². The van der Waals surface area contributed by atoms with Gasteiger partial charge >= 0.3 is 0 Å². The predicted octanol–water partition coefficient (Wildman–Crippen LogP) is 3.19. The van der Waals surface area contributed by atoms with Crippen LogP contribution in [0.3, 0.4) is 0 Å². The number of amides is 2. The summed E-state index contributed by atoms with van der Waals surface area (Å²) in [4.78, 5) is 24.3. The van der Waals surface area contributed by atoms with Gasteiger partial charge in [-0.15, -0.1) is 10.2 Å². The maximum atomic E-state index is 12.5. The first-order chi connectivity index (χ1) is 14.2. The molecule has 3 aromatic rings. The molecule has 29 heavy (non-hydrogen) atoms. The molecule has 0 aliphatic carbocycles. The summed E-state index contributed by atoms with van der Waals surface area (Å²) in [6, 6.07) is 17.1. The third-order valence-electron chi connectivity index (χ3n) is 4.47. The van der Waals surface area contributed by atoms with Crippen LogP contribution in [0.25, 0.3) is 0 Å². The number of hydrogen-bond donors (Lipinski definition) is 2. The maximum absolute atomic E-state index is 12.5. The van der Waals surface area contributed by atoms with Gasteiger partial charge in [-0.2, -0.15) is 0 Å². The van der Waals surface area contributed by atoms with Gasteiger partial charge in [-0.1, -0.05) is 43.3 Å². The summed E-state index contributed by atoms with van der Waals surface area (Å²) in [5.41, 5.74) is 2.33. The molecule has 150 valence electrons. The minimum Gasteiger partial charge on any atom is -0.345 e. The Kier molecular flexibility index (Phi) is 7.10. The average molecular weight is 391 g/mol. The monoisotopic (exact) mass is 391 g/mol. The molecule has 0 saturated carbocycles. The average Bonchev–Trinajstić information content (AvgIpc) is 3.19. The van der Waals surface area contributed by atoms with E-state index in [4.69, 9.17) is 0 Å². The first-order valence-corrected chi connectivity index (χ1v) is 9.74. The number of nitrogens with one attached hydrogen (secondary N) is 2. The highest BCUT2D eigenvalue weighted by Crippen LogP contribution is 2.12. The Balaban J connectivity index is 1.56. The Bertz CT molecular complexity index is 953. The number of carbonyl (C=O) groups excluding carboxylic acids is 2. The molecule has 2 N–H and O–H groups in total. The highest BCUT2D eigenvalue weighted by atomic mass is 16.2. The molecular formula is C22H25N5O2. The van der Waals surface area contributed by atoms with Crippen molar-refractivity contribution in [3.8, 4) is 0 Å². The van der Waals surface area contributed by atoms with E-state index in [0.717, 1.165) is 19.4 Å². The second-order valence-electron chi connectivity index (χ2n) is 6.74. The molecule has 7 heteroatoms. The summed E-state index contributed by atoms with van der Waals surface area (Å²) < 4.78 is 1.94. The van der Waals surface area contributed by atoms with Crippen molar-refractivity contribution in [3.05, 3.63) is 77.9 Å². The summed E-state index contributed by atoms with van der Waals surface area (Å²) in [7, 11) is 0. The second-order valence-corrected chi connectivity index (χ2v) is 6.74. The standard InChI is InChI=1S/C22H25N5O2/c1-2-7-21(28)25-19-11-6-10-18(14-19)22(29)23-15-20-26-24-16-27(20)13-12-17-8-4-3-5-9-17/h3-6,8-11,14,16H,2,7,12-13,15H2,1H3,(H,23,29)(H,25,28). The fourth-order valence-electron chi connectivity index (χ4n) is 2.95. The highest BCUT2D eigenvalue weighted by molar-refractivity contribution is 5.97. The molecule has 2 aromatic carbocycles. The van der Waals surface area contributed by atoms with Crippen LogP contribution < -0.4 is 10.6 Å². The van der Waals surface area contributed by atoms with Gasteiger partial charge in [0.1, 0.15) is 6.33 Å². The molecule has 0 aliphatic rings. The van der Waals surface area contributed by atoms with E-state index in [0.29, 0.717) is 23.5 Å². The van der Waals surface area contributed by atoms with Crippen molar-refractivity contribution < 1.29 is 9.59 Å². The largest absolute Gasteiger partial charge is 0.345 e. The lowest BCUT2D eigenvalue weighted by Crippen LogP contribution is -2.25. The smallest absolute Gasteiger partial charge is 0.251 e. The topological polar surface area (TPSA) is 88.9 Å². The zero-order valence-electron chi connectivity index (χ0n) is 16.5. The van der Waals surface area contributed by atoms with Crippen LogP contribution in [-0.4, -0.2) is 26.6 Å². The molecule has 1 aromatic heterocycles. The highest BCUT2D eigenvalue weighted by Gasteiger charge is 2.10. The Morgan fingerprint density at radius 1 is 1.07 bits per heavy atom. The molecular weight excluding hydrogens is 366 g/mol. The fourth-order valence-corrected chi connectivity index (χ4v) is 2.95. The number of aromatic nitrogens is 3. The maximum Gasteiger partial charge on any atom is 0.251 e. The molecule has 0 radical (unpaired) electrons. The first kappa shape index (κ1) is 20.3. The lowest BCUT2D eigenvalue weighted by Gasteiger charge is -2.09. The zero-order valence-corrected chi connectivity index (χ0v) is 16.5. The number of hydrogen-bond acceptors (Lipinski definition) is 4. The van der Waals surface area contributed by atoms with Gasteiger partial charge in [0, 0.05) is 24.2 Å². The molecule has 7 nitrogen and oxygen atoms in total. The van der Waals surface area contributed by atoms with Crippen molar-refractivity contribution in [1.29, 1.82) is 0 Å². The molecule has 0 fully saturated rings. The molecule has 3 rings (SSSR count). The quantitative estimate of drug-likeness (QED) is 0.586. The zero-order chi connectivity index (χ0) is 20.5. The second kappa shape index (κ2) is 10.2. The van der Waals surface area contributed by atoms with Crippen LogP contribution in [-0.2, 0) is 24.3 Å². The summed E-state index contributed by atoms with van der Waals surface area (Å²) in [6.45, 7) is 2.96. The number of rotatable bonds is 9. The van der Waals surface area contributed by atoms with Crippen molar-refractivity contribution in [2.45, 2.75) is 39.3 Å². The van der Waals surface area contributed by atoms with Crippen molar-refractivity contribution in [2.24, 2.45) is 0 Å². The Hall–Kier alpha value is -3.48. The number of nitrogens with zero attached hydrogens (tertiary/aromatic N) is 3. The molecule has 0 bridgehead atoms. The van der Waals surface area contributed by atoms with Crippen LogP contribution in [0.5, 0.6) is 0 Å².